The third-order valence-electron chi connectivity index (χ3n) is 5.00. The summed E-state index contributed by atoms with van der Waals surface area (Å²) in [5.41, 5.74) is 0.372. The molecule has 0 bridgehead atoms. The Balaban J connectivity index is 1.56. The molecule has 2 aliphatic heterocycles. The first-order valence-corrected chi connectivity index (χ1v) is 10.6. The van der Waals surface area contributed by atoms with Gasteiger partial charge in [-0.2, -0.15) is 0 Å². The Morgan fingerprint density at radius 3 is 2.30 bits per heavy atom. The van der Waals surface area contributed by atoms with Crippen molar-refractivity contribution in [1.29, 1.82) is 0 Å². The van der Waals surface area contributed by atoms with Gasteiger partial charge in [-0.25, -0.2) is 13.1 Å². The summed E-state index contributed by atoms with van der Waals surface area (Å²) >= 11 is 0. The fraction of sp³-hybridized carbons (Fsp3) is 0.556. The van der Waals surface area contributed by atoms with E-state index in [0.29, 0.717) is 25.3 Å². The van der Waals surface area contributed by atoms with Crippen LogP contribution < -0.4 is 9.62 Å². The number of carbonyl (C=O) groups is 2. The Morgan fingerprint density at radius 1 is 1.11 bits per heavy atom. The molecule has 0 unspecified atom stereocenters. The lowest BCUT2D eigenvalue weighted by Crippen LogP contribution is -2.32. The lowest BCUT2D eigenvalue weighted by molar-refractivity contribution is -0.121. The van der Waals surface area contributed by atoms with E-state index in [1.165, 1.54) is 24.3 Å². The highest BCUT2D eigenvalue weighted by Crippen LogP contribution is 2.24. The Morgan fingerprint density at radius 2 is 1.70 bits per heavy atom. The van der Waals surface area contributed by atoms with Gasteiger partial charge in [0, 0.05) is 32.6 Å². The molecular formula is C18H24N2O6S. The van der Waals surface area contributed by atoms with Crippen LogP contribution in [0.5, 0.6) is 0 Å². The van der Waals surface area contributed by atoms with E-state index in [1.54, 1.807) is 0 Å². The standard InChI is InChI=1S/C18H24N2O6S/c21-16(13-8-11-26-12-9-13)7-10-19-27(24,25)15-3-1-14(2-4-15)20-17(22)5-6-18(20)23/h1-4,13,16,19,21H,5-12H2/t16-/m0/s1. The minimum atomic E-state index is -3.73. The van der Waals surface area contributed by atoms with Gasteiger partial charge in [-0.1, -0.05) is 0 Å². The maximum atomic E-state index is 12.4. The summed E-state index contributed by atoms with van der Waals surface area (Å²) in [4.78, 5) is 24.6. The van der Waals surface area contributed by atoms with Crippen LogP contribution in [0.15, 0.2) is 29.2 Å². The molecule has 2 N–H and O–H groups in total. The molecule has 1 aromatic carbocycles. The van der Waals surface area contributed by atoms with Crippen molar-refractivity contribution in [3.05, 3.63) is 24.3 Å². The fourth-order valence-electron chi connectivity index (χ4n) is 3.40. The minimum absolute atomic E-state index is 0.0471. The first kappa shape index (κ1) is 19.9. The van der Waals surface area contributed by atoms with Gasteiger partial charge in [0.2, 0.25) is 21.8 Å². The minimum Gasteiger partial charge on any atom is -0.393 e. The molecule has 27 heavy (non-hydrogen) atoms. The highest BCUT2D eigenvalue weighted by Gasteiger charge is 2.30. The summed E-state index contributed by atoms with van der Waals surface area (Å²) < 4.78 is 32.5. The zero-order valence-electron chi connectivity index (χ0n) is 15.0. The molecule has 2 aliphatic rings. The van der Waals surface area contributed by atoms with Gasteiger partial charge in [0.1, 0.15) is 0 Å². The molecule has 0 aromatic heterocycles. The molecule has 148 valence electrons. The van der Waals surface area contributed by atoms with E-state index >= 15 is 0 Å². The second kappa shape index (κ2) is 8.47. The molecule has 2 amide bonds. The molecule has 9 heteroatoms. The van der Waals surface area contributed by atoms with Crippen LogP contribution in [0, 0.1) is 5.92 Å². The zero-order valence-corrected chi connectivity index (χ0v) is 15.8. The van der Waals surface area contributed by atoms with E-state index in [4.69, 9.17) is 4.74 Å². The lowest BCUT2D eigenvalue weighted by atomic mass is 9.92. The van der Waals surface area contributed by atoms with E-state index in [2.05, 4.69) is 4.72 Å². The fourth-order valence-corrected chi connectivity index (χ4v) is 4.45. The number of rotatable bonds is 7. The van der Waals surface area contributed by atoms with Crippen molar-refractivity contribution in [3.8, 4) is 0 Å². The van der Waals surface area contributed by atoms with Gasteiger partial charge in [-0.15, -0.1) is 0 Å². The number of sulfonamides is 1. The molecule has 0 aliphatic carbocycles. The number of anilines is 1. The molecule has 3 rings (SSSR count). The summed E-state index contributed by atoms with van der Waals surface area (Å²) in [5, 5.41) is 10.2. The van der Waals surface area contributed by atoms with Gasteiger partial charge in [0.15, 0.2) is 0 Å². The first-order chi connectivity index (χ1) is 12.9. The van der Waals surface area contributed by atoms with Crippen molar-refractivity contribution in [2.45, 2.75) is 43.1 Å². The number of aliphatic hydroxyl groups excluding tert-OH is 1. The number of hydrogen-bond donors (Lipinski definition) is 2. The van der Waals surface area contributed by atoms with Gasteiger partial charge < -0.3 is 9.84 Å². The number of aliphatic hydroxyl groups is 1. The highest BCUT2D eigenvalue weighted by molar-refractivity contribution is 7.89. The summed E-state index contributed by atoms with van der Waals surface area (Å²) in [5.74, 6) is -0.426. The molecular weight excluding hydrogens is 372 g/mol. The van der Waals surface area contributed by atoms with Crippen molar-refractivity contribution in [1.82, 2.24) is 4.72 Å². The van der Waals surface area contributed by atoms with E-state index in [-0.39, 0.29) is 42.0 Å². The molecule has 0 saturated carbocycles. The number of nitrogens with one attached hydrogen (secondary N) is 1. The Bertz CT molecular complexity index is 771. The largest absolute Gasteiger partial charge is 0.393 e. The Hall–Kier alpha value is -1.81. The van der Waals surface area contributed by atoms with Crippen molar-refractivity contribution >= 4 is 27.5 Å². The van der Waals surface area contributed by atoms with Gasteiger partial charge in [-0.3, -0.25) is 14.5 Å². The quantitative estimate of drug-likeness (QED) is 0.659. The summed E-state index contributed by atoms with van der Waals surface area (Å²) in [6, 6.07) is 5.63. The zero-order chi connectivity index (χ0) is 19.4. The average Bonchev–Trinajstić information content (AvgIpc) is 3.00. The van der Waals surface area contributed by atoms with Crippen LogP contribution >= 0.6 is 0 Å². The van der Waals surface area contributed by atoms with Crippen LogP contribution in [0.1, 0.15) is 32.1 Å². The smallest absolute Gasteiger partial charge is 0.240 e. The maximum Gasteiger partial charge on any atom is 0.240 e. The van der Waals surface area contributed by atoms with Gasteiger partial charge in [-0.05, 0) is 49.4 Å². The van der Waals surface area contributed by atoms with Crippen LogP contribution in [-0.4, -0.2) is 51.2 Å². The second-order valence-corrected chi connectivity index (χ2v) is 8.59. The van der Waals surface area contributed by atoms with Gasteiger partial charge in [0.05, 0.1) is 16.7 Å². The average molecular weight is 396 g/mol. The third-order valence-corrected chi connectivity index (χ3v) is 6.48. The SMILES string of the molecule is O=C1CCC(=O)N1c1ccc(S(=O)(=O)NCC[C@H](O)C2CCOCC2)cc1. The van der Waals surface area contributed by atoms with Gasteiger partial charge in [0.25, 0.3) is 0 Å². The number of carbonyl (C=O) groups excluding carboxylic acids is 2. The molecule has 0 radical (unpaired) electrons. The monoisotopic (exact) mass is 396 g/mol. The van der Waals surface area contributed by atoms with Crippen LogP contribution in [0.3, 0.4) is 0 Å². The van der Waals surface area contributed by atoms with Crippen molar-refractivity contribution in [3.63, 3.8) is 0 Å². The summed E-state index contributed by atoms with van der Waals surface area (Å²) in [6.07, 6.45) is 1.68. The van der Waals surface area contributed by atoms with E-state index in [1.807, 2.05) is 0 Å². The molecule has 2 fully saturated rings. The first-order valence-electron chi connectivity index (χ1n) is 9.10. The number of benzene rings is 1. The van der Waals surface area contributed by atoms with E-state index < -0.39 is 16.1 Å². The number of ether oxygens (including phenoxy) is 1. The molecule has 1 aromatic rings. The predicted octanol–water partition coefficient (Wildman–Crippen LogP) is 0.796. The highest BCUT2D eigenvalue weighted by atomic mass is 32.2. The summed E-state index contributed by atoms with van der Waals surface area (Å²) in [7, 11) is -3.73. The molecule has 8 nitrogen and oxygen atoms in total. The summed E-state index contributed by atoms with van der Waals surface area (Å²) in [6.45, 7) is 1.38. The number of amides is 2. The van der Waals surface area contributed by atoms with Crippen LogP contribution in [0.25, 0.3) is 0 Å². The topological polar surface area (TPSA) is 113 Å². The van der Waals surface area contributed by atoms with Crippen molar-refractivity contribution in [2.24, 2.45) is 5.92 Å². The van der Waals surface area contributed by atoms with Crippen LogP contribution in [-0.2, 0) is 24.3 Å². The van der Waals surface area contributed by atoms with Crippen molar-refractivity contribution in [2.75, 3.05) is 24.7 Å². The molecule has 0 spiro atoms. The molecule has 2 heterocycles. The molecule has 1 atom stereocenters. The lowest BCUT2D eigenvalue weighted by Gasteiger charge is -2.26. The Kier molecular flexibility index (Phi) is 6.25. The van der Waals surface area contributed by atoms with Crippen molar-refractivity contribution < 1.29 is 27.9 Å². The Labute approximate surface area is 158 Å². The normalized spacial score (nSPS) is 20.3. The number of hydrogen-bond acceptors (Lipinski definition) is 6. The predicted molar refractivity (Wildman–Crippen MR) is 97.5 cm³/mol. The van der Waals surface area contributed by atoms with E-state index in [0.717, 1.165) is 17.7 Å². The number of imide groups is 1. The van der Waals surface area contributed by atoms with Crippen LogP contribution in [0.2, 0.25) is 0 Å². The second-order valence-electron chi connectivity index (χ2n) is 6.82. The third kappa shape index (κ3) is 4.73. The van der Waals surface area contributed by atoms with Crippen LogP contribution in [0.4, 0.5) is 5.69 Å². The molecule has 2 saturated heterocycles. The van der Waals surface area contributed by atoms with E-state index in [9.17, 15) is 23.1 Å². The maximum absolute atomic E-state index is 12.4. The van der Waals surface area contributed by atoms with Gasteiger partial charge >= 0.3 is 0 Å². The number of nitrogens with zero attached hydrogens (tertiary/aromatic N) is 1.